The summed E-state index contributed by atoms with van der Waals surface area (Å²) in [6.45, 7) is 7.63. The maximum atomic E-state index is 11.7. The van der Waals surface area contributed by atoms with Gasteiger partial charge in [-0.15, -0.1) is 0 Å². The molecule has 0 atom stereocenters. The van der Waals surface area contributed by atoms with Crippen LogP contribution in [0.5, 0.6) is 0 Å². The minimum Gasteiger partial charge on any atom is -0.342 e. The van der Waals surface area contributed by atoms with Crippen molar-refractivity contribution in [3.05, 3.63) is 35.4 Å². The lowest BCUT2D eigenvalue weighted by atomic mass is 10.1. The molecule has 0 aliphatic rings. The Morgan fingerprint density at radius 1 is 1.10 bits per heavy atom. The van der Waals surface area contributed by atoms with Crippen LogP contribution in [0.15, 0.2) is 24.3 Å². The van der Waals surface area contributed by atoms with E-state index in [0.717, 1.165) is 11.1 Å². The Bertz CT molecular complexity index is 456. The first kappa shape index (κ1) is 16.0. The fraction of sp³-hybridized carbons (Fsp3) is 0.467. The molecule has 3 amide bonds. The molecular formula is C15H23N3O2. The van der Waals surface area contributed by atoms with Gasteiger partial charge in [0.25, 0.3) is 0 Å². The van der Waals surface area contributed by atoms with Gasteiger partial charge < -0.3 is 15.5 Å². The highest BCUT2D eigenvalue weighted by Gasteiger charge is 2.10. The second kappa shape index (κ2) is 8.19. The molecule has 0 unspecified atom stereocenters. The molecular weight excluding hydrogens is 254 g/mol. The number of nitrogens with zero attached hydrogens (tertiary/aromatic N) is 1. The van der Waals surface area contributed by atoms with E-state index in [2.05, 4.69) is 10.6 Å². The lowest BCUT2D eigenvalue weighted by Gasteiger charge is -2.18. The number of carbonyl (C=O) groups excluding carboxylic acids is 2. The highest BCUT2D eigenvalue weighted by Crippen LogP contribution is 2.05. The molecule has 0 radical (unpaired) electrons. The standard InChI is InChI=1S/C15H23N3O2/c1-4-18(5-2)14(19)11-17-15(20)16-10-13-9-7-6-8-12(13)3/h6-9H,4-5,10-11H2,1-3H3,(H2,16,17,20). The second-order valence-electron chi connectivity index (χ2n) is 4.53. The largest absolute Gasteiger partial charge is 0.342 e. The number of hydrogen-bond acceptors (Lipinski definition) is 2. The summed E-state index contributed by atoms with van der Waals surface area (Å²) < 4.78 is 0. The number of rotatable bonds is 6. The summed E-state index contributed by atoms with van der Waals surface area (Å²) in [4.78, 5) is 25.0. The predicted octanol–water partition coefficient (Wildman–Crippen LogP) is 1.66. The van der Waals surface area contributed by atoms with Gasteiger partial charge in [-0.25, -0.2) is 4.79 Å². The van der Waals surface area contributed by atoms with Crippen LogP contribution in [0.2, 0.25) is 0 Å². The van der Waals surface area contributed by atoms with Crippen molar-refractivity contribution >= 4 is 11.9 Å². The van der Waals surface area contributed by atoms with Gasteiger partial charge in [0.05, 0.1) is 6.54 Å². The highest BCUT2D eigenvalue weighted by molar-refractivity contribution is 5.83. The molecule has 0 saturated heterocycles. The summed E-state index contributed by atoms with van der Waals surface area (Å²) >= 11 is 0. The fourth-order valence-corrected chi connectivity index (χ4v) is 1.89. The van der Waals surface area contributed by atoms with Gasteiger partial charge in [-0.1, -0.05) is 24.3 Å². The van der Waals surface area contributed by atoms with Crippen LogP contribution in [-0.4, -0.2) is 36.5 Å². The Labute approximate surface area is 120 Å². The van der Waals surface area contributed by atoms with Crippen LogP contribution in [-0.2, 0) is 11.3 Å². The van der Waals surface area contributed by atoms with E-state index in [9.17, 15) is 9.59 Å². The molecule has 0 aliphatic heterocycles. The zero-order valence-corrected chi connectivity index (χ0v) is 12.4. The topological polar surface area (TPSA) is 61.4 Å². The van der Waals surface area contributed by atoms with Gasteiger partial charge in [-0.05, 0) is 31.9 Å². The Morgan fingerprint density at radius 2 is 1.75 bits per heavy atom. The number of hydrogen-bond donors (Lipinski definition) is 2. The molecule has 20 heavy (non-hydrogen) atoms. The monoisotopic (exact) mass is 277 g/mol. The number of urea groups is 1. The van der Waals surface area contributed by atoms with Crippen LogP contribution >= 0.6 is 0 Å². The van der Waals surface area contributed by atoms with Crippen LogP contribution in [0.4, 0.5) is 4.79 Å². The molecule has 110 valence electrons. The van der Waals surface area contributed by atoms with Crippen molar-refractivity contribution in [2.24, 2.45) is 0 Å². The SMILES string of the molecule is CCN(CC)C(=O)CNC(=O)NCc1ccccc1C. The maximum Gasteiger partial charge on any atom is 0.315 e. The molecule has 1 aromatic carbocycles. The first-order valence-electron chi connectivity index (χ1n) is 6.92. The summed E-state index contributed by atoms with van der Waals surface area (Å²) in [5.74, 6) is -0.0685. The van der Waals surface area contributed by atoms with E-state index in [1.165, 1.54) is 0 Å². The third-order valence-electron chi connectivity index (χ3n) is 3.22. The molecule has 0 aromatic heterocycles. The van der Waals surface area contributed by atoms with Crippen LogP contribution in [0.25, 0.3) is 0 Å². The number of benzene rings is 1. The van der Waals surface area contributed by atoms with Crippen molar-refractivity contribution in [1.29, 1.82) is 0 Å². The quantitative estimate of drug-likeness (QED) is 0.830. The Balaban J connectivity index is 2.34. The average molecular weight is 277 g/mol. The van der Waals surface area contributed by atoms with Gasteiger partial charge in [0.1, 0.15) is 0 Å². The summed E-state index contributed by atoms with van der Waals surface area (Å²) in [6, 6.07) is 7.54. The van der Waals surface area contributed by atoms with E-state index in [1.54, 1.807) is 4.90 Å². The van der Waals surface area contributed by atoms with Gasteiger partial charge in [0, 0.05) is 19.6 Å². The molecule has 2 N–H and O–H groups in total. The normalized spacial score (nSPS) is 9.95. The van der Waals surface area contributed by atoms with E-state index in [4.69, 9.17) is 0 Å². The van der Waals surface area contributed by atoms with Crippen molar-refractivity contribution in [1.82, 2.24) is 15.5 Å². The predicted molar refractivity (Wildman–Crippen MR) is 79.3 cm³/mol. The van der Waals surface area contributed by atoms with E-state index in [0.29, 0.717) is 19.6 Å². The number of aryl methyl sites for hydroxylation is 1. The van der Waals surface area contributed by atoms with Crippen LogP contribution in [0.3, 0.4) is 0 Å². The average Bonchev–Trinajstić information content (AvgIpc) is 2.45. The first-order valence-corrected chi connectivity index (χ1v) is 6.92. The number of carbonyl (C=O) groups is 2. The van der Waals surface area contributed by atoms with Gasteiger partial charge in [-0.3, -0.25) is 4.79 Å². The first-order chi connectivity index (χ1) is 9.58. The maximum absolute atomic E-state index is 11.7. The van der Waals surface area contributed by atoms with Gasteiger partial charge >= 0.3 is 6.03 Å². The van der Waals surface area contributed by atoms with Crippen LogP contribution in [0.1, 0.15) is 25.0 Å². The van der Waals surface area contributed by atoms with Crippen molar-refractivity contribution in [3.8, 4) is 0 Å². The molecule has 0 bridgehead atoms. The lowest BCUT2D eigenvalue weighted by molar-refractivity contribution is -0.129. The fourth-order valence-electron chi connectivity index (χ4n) is 1.89. The molecule has 1 rings (SSSR count). The van der Waals surface area contributed by atoms with E-state index in [-0.39, 0.29) is 18.5 Å². The minimum absolute atomic E-state index is 0.0291. The molecule has 1 aromatic rings. The van der Waals surface area contributed by atoms with Crippen molar-refractivity contribution in [3.63, 3.8) is 0 Å². The minimum atomic E-state index is -0.325. The molecule has 0 aliphatic carbocycles. The summed E-state index contributed by atoms with van der Waals surface area (Å²) in [5.41, 5.74) is 2.20. The third kappa shape index (κ3) is 4.91. The highest BCUT2D eigenvalue weighted by atomic mass is 16.2. The van der Waals surface area contributed by atoms with Crippen molar-refractivity contribution in [2.75, 3.05) is 19.6 Å². The van der Waals surface area contributed by atoms with Crippen molar-refractivity contribution < 1.29 is 9.59 Å². The van der Waals surface area contributed by atoms with E-state index < -0.39 is 0 Å². The van der Waals surface area contributed by atoms with Gasteiger partial charge in [0.15, 0.2) is 0 Å². The zero-order chi connectivity index (χ0) is 15.0. The van der Waals surface area contributed by atoms with Crippen molar-refractivity contribution in [2.45, 2.75) is 27.3 Å². The Morgan fingerprint density at radius 3 is 2.35 bits per heavy atom. The second-order valence-corrected chi connectivity index (χ2v) is 4.53. The van der Waals surface area contributed by atoms with E-state index in [1.807, 2.05) is 45.0 Å². The lowest BCUT2D eigenvalue weighted by Crippen LogP contribution is -2.43. The third-order valence-corrected chi connectivity index (χ3v) is 3.22. The number of amides is 3. The van der Waals surface area contributed by atoms with Crippen LogP contribution < -0.4 is 10.6 Å². The Kier molecular flexibility index (Phi) is 6.56. The molecule has 5 heteroatoms. The van der Waals surface area contributed by atoms with Gasteiger partial charge in [-0.2, -0.15) is 0 Å². The number of likely N-dealkylation sites (N-methyl/N-ethyl adjacent to an activating group) is 1. The van der Waals surface area contributed by atoms with Gasteiger partial charge in [0.2, 0.25) is 5.91 Å². The van der Waals surface area contributed by atoms with E-state index >= 15 is 0 Å². The summed E-state index contributed by atoms with van der Waals surface area (Å²) in [7, 11) is 0. The summed E-state index contributed by atoms with van der Waals surface area (Å²) in [5, 5.41) is 5.33. The molecule has 0 spiro atoms. The smallest absolute Gasteiger partial charge is 0.315 e. The molecule has 0 heterocycles. The molecule has 0 fully saturated rings. The number of nitrogens with one attached hydrogen (secondary N) is 2. The molecule has 0 saturated carbocycles. The summed E-state index contributed by atoms with van der Waals surface area (Å²) in [6.07, 6.45) is 0. The van der Waals surface area contributed by atoms with Crippen LogP contribution in [0, 0.1) is 6.92 Å². The Hall–Kier alpha value is -2.04. The zero-order valence-electron chi connectivity index (χ0n) is 12.4. The molecule has 5 nitrogen and oxygen atoms in total.